The Morgan fingerprint density at radius 3 is 1.93 bits per heavy atom. The van der Waals surface area contributed by atoms with E-state index in [0.29, 0.717) is 0 Å². The highest BCUT2D eigenvalue weighted by Crippen LogP contribution is 2.27. The first-order valence-corrected chi connectivity index (χ1v) is 6.25. The molecule has 14 heavy (non-hydrogen) atoms. The van der Waals surface area contributed by atoms with Crippen molar-refractivity contribution in [3.05, 3.63) is 24.3 Å². The van der Waals surface area contributed by atoms with E-state index in [9.17, 15) is 0 Å². The topological polar surface area (TPSA) is 0 Å². The fraction of sp³-hybridized carbons (Fsp3) is 0.714. The van der Waals surface area contributed by atoms with Crippen molar-refractivity contribution in [2.75, 3.05) is 0 Å². The van der Waals surface area contributed by atoms with Crippen LogP contribution >= 0.6 is 0 Å². The Labute approximate surface area is 89.1 Å². The lowest BCUT2D eigenvalue weighted by Crippen LogP contribution is -1.89. The molecule has 0 nitrogen and oxygen atoms in total. The maximum Gasteiger partial charge on any atom is -0.0313 e. The van der Waals surface area contributed by atoms with E-state index in [1.807, 2.05) is 0 Å². The molecule has 0 aromatic rings. The third-order valence-corrected chi connectivity index (χ3v) is 3.05. The van der Waals surface area contributed by atoms with E-state index >= 15 is 0 Å². The van der Waals surface area contributed by atoms with Gasteiger partial charge in [-0.3, -0.25) is 0 Å². The molecule has 0 bridgehead atoms. The summed E-state index contributed by atoms with van der Waals surface area (Å²) in [4.78, 5) is 0. The van der Waals surface area contributed by atoms with Crippen LogP contribution in [0, 0.1) is 5.92 Å². The SMILES string of the molecule is C1=CCCC=C1.CCCC1CCCC1. The number of rotatable bonds is 2. The van der Waals surface area contributed by atoms with Crippen LogP contribution in [0.4, 0.5) is 0 Å². The molecule has 0 radical (unpaired) electrons. The van der Waals surface area contributed by atoms with E-state index in [2.05, 4.69) is 31.2 Å². The van der Waals surface area contributed by atoms with Crippen molar-refractivity contribution in [3.8, 4) is 0 Å². The maximum atomic E-state index is 2.29. The van der Waals surface area contributed by atoms with Crippen LogP contribution in [0.2, 0.25) is 0 Å². The molecular formula is C14H24. The van der Waals surface area contributed by atoms with Crippen molar-refractivity contribution < 1.29 is 0 Å². The van der Waals surface area contributed by atoms with Crippen molar-refractivity contribution in [1.29, 1.82) is 0 Å². The Kier molecular flexibility index (Phi) is 6.47. The van der Waals surface area contributed by atoms with Gasteiger partial charge >= 0.3 is 0 Å². The molecule has 0 saturated heterocycles. The van der Waals surface area contributed by atoms with Crippen LogP contribution < -0.4 is 0 Å². The quantitative estimate of drug-likeness (QED) is 0.585. The zero-order valence-corrected chi connectivity index (χ0v) is 9.54. The van der Waals surface area contributed by atoms with E-state index in [1.165, 1.54) is 51.4 Å². The zero-order valence-electron chi connectivity index (χ0n) is 9.54. The van der Waals surface area contributed by atoms with Gasteiger partial charge in [0.05, 0.1) is 0 Å². The average Bonchev–Trinajstić information content (AvgIpc) is 2.75. The second kappa shape index (κ2) is 7.84. The molecular weight excluding hydrogens is 168 g/mol. The molecule has 0 heteroatoms. The number of hydrogen-bond donors (Lipinski definition) is 0. The van der Waals surface area contributed by atoms with Gasteiger partial charge in [-0.15, -0.1) is 0 Å². The highest BCUT2D eigenvalue weighted by Gasteiger charge is 2.12. The summed E-state index contributed by atoms with van der Waals surface area (Å²) in [6, 6.07) is 0. The van der Waals surface area contributed by atoms with Crippen LogP contribution in [-0.4, -0.2) is 0 Å². The largest absolute Gasteiger partial charge is 0.0842 e. The molecule has 1 fully saturated rings. The van der Waals surface area contributed by atoms with Crippen molar-refractivity contribution >= 4 is 0 Å². The molecule has 2 rings (SSSR count). The second-order valence-corrected chi connectivity index (χ2v) is 4.37. The third-order valence-electron chi connectivity index (χ3n) is 3.05. The van der Waals surface area contributed by atoms with Gasteiger partial charge in [0.15, 0.2) is 0 Å². The summed E-state index contributed by atoms with van der Waals surface area (Å²) in [6.07, 6.45) is 19.9. The van der Waals surface area contributed by atoms with E-state index < -0.39 is 0 Å². The first-order chi connectivity index (χ1) is 6.93. The van der Waals surface area contributed by atoms with E-state index in [1.54, 1.807) is 0 Å². The molecule has 0 N–H and O–H groups in total. The van der Waals surface area contributed by atoms with Gasteiger partial charge in [0.1, 0.15) is 0 Å². The van der Waals surface area contributed by atoms with Gasteiger partial charge in [-0.25, -0.2) is 0 Å². The third kappa shape index (κ3) is 5.26. The van der Waals surface area contributed by atoms with Gasteiger partial charge in [0, 0.05) is 0 Å². The second-order valence-electron chi connectivity index (χ2n) is 4.37. The molecule has 0 amide bonds. The van der Waals surface area contributed by atoms with Crippen LogP contribution in [0.25, 0.3) is 0 Å². The lowest BCUT2D eigenvalue weighted by molar-refractivity contribution is 0.496. The van der Waals surface area contributed by atoms with Gasteiger partial charge in [-0.2, -0.15) is 0 Å². The van der Waals surface area contributed by atoms with E-state index in [-0.39, 0.29) is 0 Å². The summed E-state index contributed by atoms with van der Waals surface area (Å²) in [5, 5.41) is 0. The molecule has 0 atom stereocenters. The standard InChI is InChI=1S/C8H16.C6H8/c1-2-5-8-6-3-4-7-8;1-2-4-6-5-3-1/h8H,2-7H2,1H3;1-4H,5-6H2. The Hall–Kier alpha value is -0.520. The Bertz CT molecular complexity index is 158. The maximum absolute atomic E-state index is 2.29. The minimum absolute atomic E-state index is 1.11. The molecule has 80 valence electrons. The fourth-order valence-electron chi connectivity index (χ4n) is 2.25. The summed E-state index contributed by atoms with van der Waals surface area (Å²) < 4.78 is 0. The summed E-state index contributed by atoms with van der Waals surface area (Å²) in [7, 11) is 0. The highest BCUT2D eigenvalue weighted by atomic mass is 14.2. The molecule has 0 aromatic carbocycles. The van der Waals surface area contributed by atoms with Gasteiger partial charge in [0.2, 0.25) is 0 Å². The monoisotopic (exact) mass is 192 g/mol. The fourth-order valence-corrected chi connectivity index (χ4v) is 2.25. The van der Waals surface area contributed by atoms with Crippen LogP contribution in [0.3, 0.4) is 0 Å². The van der Waals surface area contributed by atoms with E-state index in [0.717, 1.165) is 5.92 Å². The zero-order chi connectivity index (χ0) is 10.1. The smallest absolute Gasteiger partial charge is 0.0313 e. The van der Waals surface area contributed by atoms with Crippen molar-refractivity contribution in [3.63, 3.8) is 0 Å². The highest BCUT2D eigenvalue weighted by molar-refractivity contribution is 5.07. The number of hydrogen-bond acceptors (Lipinski definition) is 0. The summed E-state index contributed by atoms with van der Waals surface area (Å²) in [5.41, 5.74) is 0. The van der Waals surface area contributed by atoms with Crippen LogP contribution in [0.15, 0.2) is 24.3 Å². The van der Waals surface area contributed by atoms with Crippen LogP contribution in [0.5, 0.6) is 0 Å². The minimum Gasteiger partial charge on any atom is -0.0842 e. The summed E-state index contributed by atoms with van der Waals surface area (Å²) in [5.74, 6) is 1.11. The normalized spacial score (nSPS) is 20.6. The first-order valence-electron chi connectivity index (χ1n) is 6.25. The van der Waals surface area contributed by atoms with Crippen molar-refractivity contribution in [2.24, 2.45) is 5.92 Å². The van der Waals surface area contributed by atoms with Crippen LogP contribution in [-0.2, 0) is 0 Å². The van der Waals surface area contributed by atoms with Gasteiger partial charge in [0.25, 0.3) is 0 Å². The molecule has 2 aliphatic rings. The summed E-state index contributed by atoms with van der Waals surface area (Å²) >= 11 is 0. The molecule has 0 spiro atoms. The van der Waals surface area contributed by atoms with Gasteiger partial charge < -0.3 is 0 Å². The Morgan fingerprint density at radius 2 is 1.57 bits per heavy atom. The molecule has 1 saturated carbocycles. The van der Waals surface area contributed by atoms with Gasteiger partial charge in [-0.05, 0) is 18.8 Å². The minimum atomic E-state index is 1.11. The summed E-state index contributed by atoms with van der Waals surface area (Å²) in [6.45, 7) is 2.29. The lowest BCUT2D eigenvalue weighted by Gasteiger charge is -2.03. The Balaban J connectivity index is 0.000000146. The van der Waals surface area contributed by atoms with Gasteiger partial charge in [-0.1, -0.05) is 69.8 Å². The first kappa shape index (κ1) is 11.6. The van der Waals surface area contributed by atoms with Crippen molar-refractivity contribution in [2.45, 2.75) is 58.3 Å². The lowest BCUT2D eigenvalue weighted by atomic mass is 10.0. The number of allylic oxidation sites excluding steroid dienone is 4. The molecule has 0 heterocycles. The van der Waals surface area contributed by atoms with Crippen LogP contribution in [0.1, 0.15) is 58.3 Å². The predicted octanol–water partition coefficient (Wildman–Crippen LogP) is 4.87. The van der Waals surface area contributed by atoms with Crippen molar-refractivity contribution in [1.82, 2.24) is 0 Å². The molecule has 0 aliphatic heterocycles. The molecule has 0 aromatic heterocycles. The average molecular weight is 192 g/mol. The Morgan fingerprint density at radius 1 is 1.00 bits per heavy atom. The predicted molar refractivity (Wildman–Crippen MR) is 64.4 cm³/mol. The molecule has 0 unspecified atom stereocenters. The van der Waals surface area contributed by atoms with E-state index in [4.69, 9.17) is 0 Å². The molecule has 2 aliphatic carbocycles.